The highest BCUT2D eigenvalue weighted by molar-refractivity contribution is 5.95. The van der Waals surface area contributed by atoms with Crippen LogP contribution in [0.2, 0.25) is 0 Å². The molecule has 1 saturated carbocycles. The predicted molar refractivity (Wildman–Crippen MR) is 120 cm³/mol. The molecule has 3 aliphatic rings. The van der Waals surface area contributed by atoms with Crippen LogP contribution >= 0.6 is 0 Å². The maximum absolute atomic E-state index is 13.5. The number of hydrogen-bond acceptors (Lipinski definition) is 2. The Labute approximate surface area is 179 Å². The minimum Gasteiger partial charge on any atom is -0.332 e. The summed E-state index contributed by atoms with van der Waals surface area (Å²) in [6, 6.07) is 9.09. The molecule has 3 aliphatic carbocycles. The smallest absolute Gasteiger partial charge is 0.254 e. The Morgan fingerprint density at radius 2 is 1.93 bits per heavy atom. The van der Waals surface area contributed by atoms with Crippen LogP contribution in [-0.2, 0) is 12.8 Å². The first-order valence-electron chi connectivity index (χ1n) is 11.5. The Bertz CT molecular complexity index is 1010. The summed E-state index contributed by atoms with van der Waals surface area (Å²) >= 11 is 0. The highest BCUT2D eigenvalue weighted by atomic mass is 16.2. The van der Waals surface area contributed by atoms with E-state index in [2.05, 4.69) is 47.2 Å². The first-order valence-corrected chi connectivity index (χ1v) is 11.5. The van der Waals surface area contributed by atoms with Gasteiger partial charge < -0.3 is 4.90 Å². The zero-order valence-corrected chi connectivity index (χ0v) is 18.1. The monoisotopic (exact) mass is 401 g/mol. The largest absolute Gasteiger partial charge is 0.332 e. The number of aryl methyl sites for hydroxylation is 1. The van der Waals surface area contributed by atoms with E-state index in [1.165, 1.54) is 33.5 Å². The summed E-state index contributed by atoms with van der Waals surface area (Å²) in [7, 11) is 0. The van der Waals surface area contributed by atoms with Crippen molar-refractivity contribution in [1.82, 2.24) is 15.1 Å². The fraction of sp³-hybridized carbons (Fsp3) is 0.462. The van der Waals surface area contributed by atoms with E-state index in [4.69, 9.17) is 0 Å². The van der Waals surface area contributed by atoms with E-state index < -0.39 is 0 Å². The predicted octanol–water partition coefficient (Wildman–Crippen LogP) is 5.48. The number of carbonyl (C=O) groups excluding carboxylic acids is 1. The lowest BCUT2D eigenvalue weighted by Gasteiger charge is -2.34. The number of hydrogen-bond donors (Lipinski definition) is 1. The Hall–Kier alpha value is -2.62. The molecular weight excluding hydrogens is 370 g/mol. The molecule has 1 atom stereocenters. The molecule has 1 N–H and O–H groups in total. The van der Waals surface area contributed by atoms with Crippen LogP contribution in [0.1, 0.15) is 79.6 Å². The van der Waals surface area contributed by atoms with Gasteiger partial charge >= 0.3 is 0 Å². The molecule has 0 aliphatic heterocycles. The number of rotatable bonds is 5. The summed E-state index contributed by atoms with van der Waals surface area (Å²) in [6.45, 7) is 4.48. The van der Waals surface area contributed by atoms with Crippen molar-refractivity contribution >= 4 is 11.5 Å². The zero-order valence-electron chi connectivity index (χ0n) is 18.1. The zero-order chi connectivity index (χ0) is 20.7. The van der Waals surface area contributed by atoms with Crippen molar-refractivity contribution in [1.29, 1.82) is 0 Å². The van der Waals surface area contributed by atoms with Crippen molar-refractivity contribution in [2.75, 3.05) is 0 Å². The molecule has 4 heteroatoms. The third-order valence-corrected chi connectivity index (χ3v) is 7.02. The topological polar surface area (TPSA) is 49.0 Å². The first kappa shape index (κ1) is 19.3. The van der Waals surface area contributed by atoms with E-state index in [0.29, 0.717) is 6.04 Å². The van der Waals surface area contributed by atoms with Gasteiger partial charge in [-0.15, -0.1) is 0 Å². The molecule has 5 rings (SSSR count). The van der Waals surface area contributed by atoms with Crippen LogP contribution < -0.4 is 0 Å². The number of fused-ring (bicyclic) bond motifs is 1. The van der Waals surface area contributed by atoms with Gasteiger partial charge in [-0.05, 0) is 92.7 Å². The Morgan fingerprint density at radius 1 is 1.13 bits per heavy atom. The minimum atomic E-state index is 0.196. The second-order valence-corrected chi connectivity index (χ2v) is 9.07. The van der Waals surface area contributed by atoms with Gasteiger partial charge in [0.05, 0.1) is 6.20 Å². The number of H-pyrrole nitrogens is 1. The Balaban J connectivity index is 1.38. The van der Waals surface area contributed by atoms with Crippen LogP contribution in [0.25, 0.3) is 5.57 Å². The Kier molecular flexibility index (Phi) is 5.10. The van der Waals surface area contributed by atoms with Crippen molar-refractivity contribution in [3.8, 4) is 0 Å². The lowest BCUT2D eigenvalue weighted by Crippen LogP contribution is -2.44. The maximum atomic E-state index is 13.5. The molecule has 0 bridgehead atoms. The Morgan fingerprint density at radius 3 is 2.67 bits per heavy atom. The standard InChI is InChI=1S/C26H31N3O/c1-3-18-6-4-5-17(2)25(18)19-7-9-20(10-8-19)26(30)29(22-11-12-22)23-13-14-24-21(15-23)16-27-28-24/h6-10,16,22-23H,3-5,11-15H2,1-2H3,(H,27,28). The summed E-state index contributed by atoms with van der Waals surface area (Å²) in [5.41, 5.74) is 8.88. The normalized spacial score (nSPS) is 21.3. The number of benzene rings is 1. The average molecular weight is 402 g/mol. The highest BCUT2D eigenvalue weighted by Gasteiger charge is 2.39. The molecule has 1 heterocycles. The number of nitrogens with zero attached hydrogens (tertiary/aromatic N) is 2. The molecule has 30 heavy (non-hydrogen) atoms. The molecule has 1 amide bonds. The van der Waals surface area contributed by atoms with E-state index in [1.807, 2.05) is 18.3 Å². The van der Waals surface area contributed by atoms with Crippen LogP contribution in [0.3, 0.4) is 0 Å². The fourth-order valence-electron chi connectivity index (χ4n) is 5.26. The van der Waals surface area contributed by atoms with Gasteiger partial charge in [0.1, 0.15) is 0 Å². The van der Waals surface area contributed by atoms with E-state index >= 15 is 0 Å². The molecule has 0 spiro atoms. The SMILES string of the molecule is CCC1=CCCC(C)=C1c1ccc(C(=O)N(C2CC2)C2CCc3[nH]ncc3C2)cc1. The third-order valence-electron chi connectivity index (χ3n) is 7.02. The summed E-state index contributed by atoms with van der Waals surface area (Å²) in [4.78, 5) is 15.7. The van der Waals surface area contributed by atoms with Crippen molar-refractivity contribution in [3.63, 3.8) is 0 Å². The van der Waals surface area contributed by atoms with Crippen molar-refractivity contribution < 1.29 is 4.79 Å². The van der Waals surface area contributed by atoms with Crippen LogP contribution in [0, 0.1) is 0 Å². The van der Waals surface area contributed by atoms with E-state index in [-0.39, 0.29) is 11.9 Å². The van der Waals surface area contributed by atoms with Crippen LogP contribution in [0.15, 0.2) is 47.7 Å². The average Bonchev–Trinajstić information content (AvgIpc) is 3.49. The van der Waals surface area contributed by atoms with Crippen LogP contribution in [0.4, 0.5) is 0 Å². The quantitative estimate of drug-likeness (QED) is 0.722. The van der Waals surface area contributed by atoms with Gasteiger partial charge in [0.25, 0.3) is 5.91 Å². The van der Waals surface area contributed by atoms with Gasteiger partial charge in [-0.3, -0.25) is 9.89 Å². The number of amides is 1. The summed E-state index contributed by atoms with van der Waals surface area (Å²) in [5, 5.41) is 7.31. The number of nitrogens with one attached hydrogen (secondary N) is 1. The lowest BCUT2D eigenvalue weighted by molar-refractivity contribution is 0.0643. The second kappa shape index (κ2) is 7.90. The van der Waals surface area contributed by atoms with Gasteiger partial charge in [0, 0.05) is 23.3 Å². The van der Waals surface area contributed by atoms with Gasteiger partial charge in [-0.2, -0.15) is 5.10 Å². The van der Waals surface area contributed by atoms with Crippen LogP contribution in [0.5, 0.6) is 0 Å². The molecule has 1 aromatic carbocycles. The minimum absolute atomic E-state index is 0.196. The van der Waals surface area contributed by atoms with Gasteiger partial charge in [-0.25, -0.2) is 0 Å². The van der Waals surface area contributed by atoms with E-state index in [9.17, 15) is 4.79 Å². The lowest BCUT2D eigenvalue weighted by atomic mass is 9.85. The molecule has 0 radical (unpaired) electrons. The van der Waals surface area contributed by atoms with Gasteiger partial charge in [0.15, 0.2) is 0 Å². The number of aromatic amines is 1. The summed E-state index contributed by atoms with van der Waals surface area (Å²) in [6.07, 6.45) is 12.8. The van der Waals surface area contributed by atoms with Crippen molar-refractivity contribution in [2.45, 2.75) is 77.3 Å². The highest BCUT2D eigenvalue weighted by Crippen LogP contribution is 2.36. The maximum Gasteiger partial charge on any atom is 0.254 e. The van der Waals surface area contributed by atoms with E-state index in [1.54, 1.807) is 0 Å². The molecule has 156 valence electrons. The third kappa shape index (κ3) is 3.53. The molecule has 1 unspecified atom stereocenters. The summed E-state index contributed by atoms with van der Waals surface area (Å²) < 4.78 is 0. The first-order chi connectivity index (χ1) is 14.7. The number of aromatic nitrogens is 2. The fourth-order valence-corrected chi connectivity index (χ4v) is 5.26. The molecule has 0 saturated heterocycles. The molecule has 1 fully saturated rings. The van der Waals surface area contributed by atoms with E-state index in [0.717, 1.165) is 56.9 Å². The van der Waals surface area contributed by atoms with Gasteiger partial charge in [0.2, 0.25) is 0 Å². The molecule has 2 aromatic rings. The summed E-state index contributed by atoms with van der Waals surface area (Å²) in [5.74, 6) is 0.196. The van der Waals surface area contributed by atoms with Crippen LogP contribution in [-0.4, -0.2) is 33.1 Å². The molecular formula is C26H31N3O. The molecule has 1 aromatic heterocycles. The van der Waals surface area contributed by atoms with Gasteiger partial charge in [-0.1, -0.05) is 30.7 Å². The van der Waals surface area contributed by atoms with Crippen molar-refractivity contribution in [3.05, 3.63) is 70.1 Å². The molecule has 4 nitrogen and oxygen atoms in total. The van der Waals surface area contributed by atoms with Crippen molar-refractivity contribution in [2.24, 2.45) is 0 Å². The second-order valence-electron chi connectivity index (χ2n) is 9.07. The number of carbonyl (C=O) groups is 1. The number of allylic oxidation sites excluding steroid dienone is 4.